The zero-order chi connectivity index (χ0) is 13.9. The number of likely N-dealkylation sites (tertiary alicyclic amines) is 1. The van der Waals surface area contributed by atoms with E-state index in [-0.39, 0.29) is 11.9 Å². The first-order valence-electron chi connectivity index (χ1n) is 6.68. The van der Waals surface area contributed by atoms with Crippen LogP contribution in [-0.2, 0) is 6.54 Å². The lowest BCUT2D eigenvalue weighted by Crippen LogP contribution is -2.24. The Morgan fingerprint density at radius 3 is 3.00 bits per heavy atom. The molecule has 1 unspecified atom stereocenters. The minimum atomic E-state index is -0.248. The molecule has 1 aromatic heterocycles. The van der Waals surface area contributed by atoms with Gasteiger partial charge in [-0.25, -0.2) is 4.39 Å². The second-order valence-corrected chi connectivity index (χ2v) is 5.43. The van der Waals surface area contributed by atoms with Crippen molar-refractivity contribution in [2.24, 2.45) is 0 Å². The molecule has 2 heterocycles. The van der Waals surface area contributed by atoms with Crippen LogP contribution in [0.5, 0.6) is 0 Å². The summed E-state index contributed by atoms with van der Waals surface area (Å²) in [5.41, 5.74) is 1.63. The number of aromatic nitrogens is 2. The van der Waals surface area contributed by atoms with Crippen LogP contribution in [0.25, 0.3) is 0 Å². The third kappa shape index (κ3) is 2.81. The molecule has 20 heavy (non-hydrogen) atoms. The van der Waals surface area contributed by atoms with Crippen molar-refractivity contribution >= 4 is 11.6 Å². The molecule has 0 spiro atoms. The van der Waals surface area contributed by atoms with Crippen LogP contribution in [0.4, 0.5) is 4.39 Å². The summed E-state index contributed by atoms with van der Waals surface area (Å²) < 4.78 is 13.9. The second-order valence-electron chi connectivity index (χ2n) is 4.99. The van der Waals surface area contributed by atoms with Crippen molar-refractivity contribution in [2.45, 2.75) is 25.4 Å². The van der Waals surface area contributed by atoms with Gasteiger partial charge in [-0.15, -0.1) is 0 Å². The summed E-state index contributed by atoms with van der Waals surface area (Å²) in [5, 5.41) is 0.429. The summed E-state index contributed by atoms with van der Waals surface area (Å²) in [6.45, 7) is 1.52. The van der Waals surface area contributed by atoms with Gasteiger partial charge in [-0.1, -0.05) is 17.7 Å². The van der Waals surface area contributed by atoms with Crippen LogP contribution in [0.1, 0.15) is 30.1 Å². The molecule has 1 aliphatic heterocycles. The average Bonchev–Trinajstić information content (AvgIpc) is 2.91. The monoisotopic (exact) mass is 291 g/mol. The van der Waals surface area contributed by atoms with Crippen molar-refractivity contribution in [3.8, 4) is 0 Å². The van der Waals surface area contributed by atoms with Gasteiger partial charge in [0.25, 0.3) is 0 Å². The van der Waals surface area contributed by atoms with Gasteiger partial charge in [0.15, 0.2) is 0 Å². The van der Waals surface area contributed by atoms with Crippen molar-refractivity contribution in [1.82, 2.24) is 14.9 Å². The molecule has 1 atom stereocenters. The minimum absolute atomic E-state index is 0.221. The van der Waals surface area contributed by atoms with E-state index in [0.29, 0.717) is 17.1 Å². The normalized spacial score (nSPS) is 19.4. The van der Waals surface area contributed by atoms with Crippen molar-refractivity contribution in [2.75, 3.05) is 6.54 Å². The van der Waals surface area contributed by atoms with Crippen LogP contribution >= 0.6 is 11.6 Å². The van der Waals surface area contributed by atoms with E-state index in [0.717, 1.165) is 25.1 Å². The summed E-state index contributed by atoms with van der Waals surface area (Å²) in [6, 6.07) is 5.07. The SMILES string of the molecule is Fc1cc(Cl)ccc1CN1CCCC1c1cnccn1. The number of benzene rings is 1. The average molecular weight is 292 g/mol. The Bertz CT molecular complexity index is 591. The highest BCUT2D eigenvalue weighted by Crippen LogP contribution is 2.32. The van der Waals surface area contributed by atoms with E-state index in [1.807, 2.05) is 0 Å². The number of hydrogen-bond acceptors (Lipinski definition) is 3. The number of hydrogen-bond donors (Lipinski definition) is 0. The van der Waals surface area contributed by atoms with Crippen LogP contribution in [0, 0.1) is 5.82 Å². The smallest absolute Gasteiger partial charge is 0.129 e. The van der Waals surface area contributed by atoms with Gasteiger partial charge in [0.2, 0.25) is 0 Å². The van der Waals surface area contributed by atoms with E-state index >= 15 is 0 Å². The van der Waals surface area contributed by atoms with Crippen LogP contribution in [-0.4, -0.2) is 21.4 Å². The fourth-order valence-electron chi connectivity index (χ4n) is 2.70. The van der Waals surface area contributed by atoms with Crippen molar-refractivity contribution in [1.29, 1.82) is 0 Å². The number of rotatable bonds is 3. The Kier molecular flexibility index (Phi) is 3.94. The first kappa shape index (κ1) is 13.5. The Morgan fingerprint density at radius 1 is 1.35 bits per heavy atom. The van der Waals surface area contributed by atoms with Crippen LogP contribution in [0.15, 0.2) is 36.8 Å². The lowest BCUT2D eigenvalue weighted by Gasteiger charge is -2.24. The van der Waals surface area contributed by atoms with E-state index in [1.54, 1.807) is 30.7 Å². The number of nitrogens with zero attached hydrogens (tertiary/aromatic N) is 3. The zero-order valence-electron chi connectivity index (χ0n) is 11.0. The first-order chi connectivity index (χ1) is 9.74. The first-order valence-corrected chi connectivity index (χ1v) is 7.06. The van der Waals surface area contributed by atoms with E-state index in [1.165, 1.54) is 6.07 Å². The van der Waals surface area contributed by atoms with Crippen LogP contribution in [0.2, 0.25) is 5.02 Å². The van der Waals surface area contributed by atoms with Crippen molar-refractivity contribution in [3.05, 3.63) is 58.9 Å². The third-order valence-electron chi connectivity index (χ3n) is 3.68. The Morgan fingerprint density at radius 2 is 2.25 bits per heavy atom. The highest BCUT2D eigenvalue weighted by Gasteiger charge is 2.27. The maximum Gasteiger partial charge on any atom is 0.129 e. The molecule has 1 aromatic carbocycles. The Labute approximate surface area is 122 Å². The standard InChI is InChI=1S/C15H15ClFN3/c16-12-4-3-11(13(17)8-12)10-20-7-1-2-15(20)14-9-18-5-6-19-14/h3-6,8-9,15H,1-2,7,10H2. The summed E-state index contributed by atoms with van der Waals surface area (Å²) in [4.78, 5) is 10.7. The van der Waals surface area contributed by atoms with Gasteiger partial charge >= 0.3 is 0 Å². The molecule has 0 radical (unpaired) electrons. The summed E-state index contributed by atoms with van der Waals surface area (Å²) in [5.74, 6) is -0.248. The van der Waals surface area contributed by atoms with Crippen LogP contribution in [0.3, 0.4) is 0 Å². The van der Waals surface area contributed by atoms with Gasteiger partial charge in [-0.05, 0) is 31.5 Å². The van der Waals surface area contributed by atoms with E-state index in [2.05, 4.69) is 14.9 Å². The predicted molar refractivity (Wildman–Crippen MR) is 75.8 cm³/mol. The maximum absolute atomic E-state index is 13.9. The van der Waals surface area contributed by atoms with Gasteiger partial charge in [-0.2, -0.15) is 0 Å². The fourth-order valence-corrected chi connectivity index (χ4v) is 2.86. The summed E-state index contributed by atoms with van der Waals surface area (Å²) in [6.07, 6.45) is 7.29. The second kappa shape index (κ2) is 5.85. The maximum atomic E-state index is 13.9. The molecule has 2 aromatic rings. The molecule has 0 N–H and O–H groups in total. The molecular formula is C15H15ClFN3. The molecule has 0 saturated carbocycles. The van der Waals surface area contributed by atoms with E-state index in [9.17, 15) is 4.39 Å². The Balaban J connectivity index is 1.79. The highest BCUT2D eigenvalue weighted by molar-refractivity contribution is 6.30. The summed E-state index contributed by atoms with van der Waals surface area (Å²) >= 11 is 5.79. The van der Waals surface area contributed by atoms with Crippen molar-refractivity contribution in [3.63, 3.8) is 0 Å². The molecule has 3 rings (SSSR count). The molecule has 1 aliphatic rings. The fraction of sp³-hybridized carbons (Fsp3) is 0.333. The molecule has 0 amide bonds. The predicted octanol–water partition coefficient (Wildman–Crippen LogP) is 3.61. The molecule has 1 fully saturated rings. The summed E-state index contributed by atoms with van der Waals surface area (Å²) in [7, 11) is 0. The molecule has 5 heteroatoms. The van der Waals surface area contributed by atoms with Crippen molar-refractivity contribution < 1.29 is 4.39 Å². The van der Waals surface area contributed by atoms with Gasteiger partial charge in [0.05, 0.1) is 11.7 Å². The lowest BCUT2D eigenvalue weighted by molar-refractivity contribution is 0.240. The van der Waals surface area contributed by atoms with E-state index in [4.69, 9.17) is 11.6 Å². The molecular weight excluding hydrogens is 277 g/mol. The van der Waals surface area contributed by atoms with Crippen LogP contribution < -0.4 is 0 Å². The highest BCUT2D eigenvalue weighted by atomic mass is 35.5. The Hall–Kier alpha value is -1.52. The largest absolute Gasteiger partial charge is 0.290 e. The van der Waals surface area contributed by atoms with Gasteiger partial charge in [-0.3, -0.25) is 14.9 Å². The zero-order valence-corrected chi connectivity index (χ0v) is 11.7. The van der Waals surface area contributed by atoms with Gasteiger partial charge < -0.3 is 0 Å². The molecule has 3 nitrogen and oxygen atoms in total. The lowest BCUT2D eigenvalue weighted by atomic mass is 10.1. The molecule has 1 saturated heterocycles. The minimum Gasteiger partial charge on any atom is -0.290 e. The number of halogens is 2. The van der Waals surface area contributed by atoms with Gasteiger partial charge in [0.1, 0.15) is 5.82 Å². The van der Waals surface area contributed by atoms with E-state index < -0.39 is 0 Å². The topological polar surface area (TPSA) is 29.0 Å². The van der Waals surface area contributed by atoms with Gasteiger partial charge in [0, 0.05) is 35.7 Å². The molecule has 0 bridgehead atoms. The molecule has 0 aliphatic carbocycles. The quantitative estimate of drug-likeness (QED) is 0.865. The molecule has 104 valence electrons. The third-order valence-corrected chi connectivity index (χ3v) is 3.91.